The second kappa shape index (κ2) is 2.23. The number of nitrogens with two attached hydrogens (primary N) is 1. The summed E-state index contributed by atoms with van der Waals surface area (Å²) in [6, 6.07) is 0. The maximum atomic E-state index is 10.9. The van der Waals surface area contributed by atoms with Crippen molar-refractivity contribution in [3.05, 3.63) is 0 Å². The van der Waals surface area contributed by atoms with Crippen molar-refractivity contribution in [2.75, 3.05) is 7.05 Å². The third-order valence-corrected chi connectivity index (χ3v) is 2.43. The second-order valence-corrected chi connectivity index (χ2v) is 3.09. The minimum absolute atomic E-state index is 0.238. The molecular weight excluding hydrogens is 128 g/mol. The summed E-state index contributed by atoms with van der Waals surface area (Å²) < 4.78 is 0. The van der Waals surface area contributed by atoms with Crippen molar-refractivity contribution in [1.82, 2.24) is 5.32 Å². The molecule has 3 nitrogen and oxygen atoms in total. The van der Waals surface area contributed by atoms with Gasteiger partial charge in [0.15, 0.2) is 0 Å². The standard InChI is InChI=1S/C7H14N2O/c1-7(9-2,6(8)10)5-3-4-5/h5,9H,3-4H2,1-2H3,(H2,8,10). The van der Waals surface area contributed by atoms with Gasteiger partial charge in [-0.05, 0) is 32.7 Å². The maximum Gasteiger partial charge on any atom is 0.237 e. The van der Waals surface area contributed by atoms with E-state index in [-0.39, 0.29) is 5.91 Å². The molecule has 3 heteroatoms. The van der Waals surface area contributed by atoms with Gasteiger partial charge in [0, 0.05) is 0 Å². The molecule has 0 aliphatic heterocycles. The van der Waals surface area contributed by atoms with Crippen LogP contribution in [0.1, 0.15) is 19.8 Å². The van der Waals surface area contributed by atoms with Gasteiger partial charge in [-0.25, -0.2) is 0 Å². The van der Waals surface area contributed by atoms with Crippen molar-refractivity contribution in [3.63, 3.8) is 0 Å². The number of nitrogens with one attached hydrogen (secondary N) is 1. The normalized spacial score (nSPS) is 23.8. The molecule has 1 amide bonds. The van der Waals surface area contributed by atoms with E-state index in [0.717, 1.165) is 12.8 Å². The van der Waals surface area contributed by atoms with Gasteiger partial charge in [-0.1, -0.05) is 0 Å². The molecule has 0 aromatic carbocycles. The maximum absolute atomic E-state index is 10.9. The molecular formula is C7H14N2O. The molecule has 1 aliphatic rings. The lowest BCUT2D eigenvalue weighted by Crippen LogP contribution is -2.53. The Bertz CT molecular complexity index is 154. The van der Waals surface area contributed by atoms with Gasteiger partial charge in [0.1, 0.15) is 0 Å². The lowest BCUT2D eigenvalue weighted by atomic mass is 9.95. The molecule has 1 saturated carbocycles. The highest BCUT2D eigenvalue weighted by molar-refractivity contribution is 5.84. The molecule has 0 aromatic heterocycles. The zero-order chi connectivity index (χ0) is 7.78. The lowest BCUT2D eigenvalue weighted by Gasteiger charge is -2.24. The lowest BCUT2D eigenvalue weighted by molar-refractivity contribution is -0.124. The van der Waals surface area contributed by atoms with E-state index in [1.807, 2.05) is 6.92 Å². The van der Waals surface area contributed by atoms with Crippen molar-refractivity contribution in [2.45, 2.75) is 25.3 Å². The van der Waals surface area contributed by atoms with E-state index in [9.17, 15) is 4.79 Å². The summed E-state index contributed by atoms with van der Waals surface area (Å²) >= 11 is 0. The van der Waals surface area contributed by atoms with Crippen LogP contribution < -0.4 is 11.1 Å². The minimum atomic E-state index is -0.458. The Kier molecular flexibility index (Phi) is 1.68. The first kappa shape index (κ1) is 7.54. The van der Waals surface area contributed by atoms with Crippen LogP contribution in [0.5, 0.6) is 0 Å². The van der Waals surface area contributed by atoms with Gasteiger partial charge in [-0.15, -0.1) is 0 Å². The first-order valence-electron chi connectivity index (χ1n) is 3.60. The third kappa shape index (κ3) is 1.01. The monoisotopic (exact) mass is 142 g/mol. The van der Waals surface area contributed by atoms with Crippen LogP contribution in [0, 0.1) is 5.92 Å². The molecule has 0 saturated heterocycles. The van der Waals surface area contributed by atoms with Crippen LogP contribution in [-0.4, -0.2) is 18.5 Å². The Morgan fingerprint density at radius 3 is 2.30 bits per heavy atom. The minimum Gasteiger partial charge on any atom is -0.368 e. The quantitative estimate of drug-likeness (QED) is 0.576. The summed E-state index contributed by atoms with van der Waals surface area (Å²) in [7, 11) is 1.78. The SMILES string of the molecule is CNC(C)(C(N)=O)C1CC1. The number of likely N-dealkylation sites (N-methyl/N-ethyl adjacent to an activating group) is 1. The molecule has 0 spiro atoms. The molecule has 1 fully saturated rings. The van der Waals surface area contributed by atoms with Gasteiger partial charge in [-0.3, -0.25) is 4.79 Å². The predicted octanol–water partition coefficient (Wildman–Crippen LogP) is -0.140. The number of carbonyl (C=O) groups is 1. The number of primary amides is 1. The molecule has 0 aromatic rings. The van der Waals surface area contributed by atoms with Crippen molar-refractivity contribution in [1.29, 1.82) is 0 Å². The van der Waals surface area contributed by atoms with Gasteiger partial charge in [0.25, 0.3) is 0 Å². The van der Waals surface area contributed by atoms with Gasteiger partial charge in [0.2, 0.25) is 5.91 Å². The Morgan fingerprint density at radius 2 is 2.20 bits per heavy atom. The summed E-state index contributed by atoms with van der Waals surface area (Å²) in [6.45, 7) is 1.87. The largest absolute Gasteiger partial charge is 0.368 e. The topological polar surface area (TPSA) is 55.1 Å². The van der Waals surface area contributed by atoms with E-state index < -0.39 is 5.54 Å². The average molecular weight is 142 g/mol. The molecule has 1 unspecified atom stereocenters. The zero-order valence-electron chi connectivity index (χ0n) is 6.48. The molecule has 1 rings (SSSR count). The Morgan fingerprint density at radius 1 is 1.70 bits per heavy atom. The number of carbonyl (C=O) groups excluding carboxylic acids is 1. The summed E-state index contributed by atoms with van der Waals surface area (Å²) in [6.07, 6.45) is 2.25. The molecule has 1 atom stereocenters. The highest BCUT2D eigenvalue weighted by Gasteiger charge is 2.44. The smallest absolute Gasteiger partial charge is 0.237 e. The van der Waals surface area contributed by atoms with Crippen molar-refractivity contribution >= 4 is 5.91 Å². The van der Waals surface area contributed by atoms with Gasteiger partial charge in [-0.2, -0.15) is 0 Å². The number of hydrogen-bond donors (Lipinski definition) is 2. The molecule has 1 aliphatic carbocycles. The molecule has 0 radical (unpaired) electrons. The van der Waals surface area contributed by atoms with E-state index >= 15 is 0 Å². The van der Waals surface area contributed by atoms with E-state index in [1.54, 1.807) is 7.05 Å². The summed E-state index contributed by atoms with van der Waals surface area (Å²) in [5, 5.41) is 2.97. The molecule has 10 heavy (non-hydrogen) atoms. The summed E-state index contributed by atoms with van der Waals surface area (Å²) in [5.74, 6) is 0.229. The van der Waals surface area contributed by atoms with Crippen LogP contribution in [0.15, 0.2) is 0 Å². The fourth-order valence-electron chi connectivity index (χ4n) is 1.19. The van der Waals surface area contributed by atoms with Gasteiger partial charge in [0.05, 0.1) is 5.54 Å². The molecule has 0 bridgehead atoms. The Hall–Kier alpha value is -0.570. The third-order valence-electron chi connectivity index (χ3n) is 2.43. The summed E-state index contributed by atoms with van der Waals surface area (Å²) in [5.41, 5.74) is 4.76. The van der Waals surface area contributed by atoms with Gasteiger partial charge >= 0.3 is 0 Å². The highest BCUT2D eigenvalue weighted by Crippen LogP contribution is 2.38. The Labute approximate surface area is 61.0 Å². The van der Waals surface area contributed by atoms with E-state index in [1.165, 1.54) is 0 Å². The number of amides is 1. The van der Waals surface area contributed by atoms with Crippen molar-refractivity contribution < 1.29 is 4.79 Å². The van der Waals surface area contributed by atoms with Crippen LogP contribution in [0.2, 0.25) is 0 Å². The first-order valence-corrected chi connectivity index (χ1v) is 3.60. The van der Waals surface area contributed by atoms with Crippen LogP contribution >= 0.6 is 0 Å². The van der Waals surface area contributed by atoms with Crippen LogP contribution in [0.4, 0.5) is 0 Å². The Balaban J connectivity index is 2.65. The van der Waals surface area contributed by atoms with Crippen LogP contribution in [0.25, 0.3) is 0 Å². The van der Waals surface area contributed by atoms with E-state index in [2.05, 4.69) is 5.32 Å². The fraction of sp³-hybridized carbons (Fsp3) is 0.857. The summed E-state index contributed by atoms with van der Waals surface area (Å²) in [4.78, 5) is 10.9. The highest BCUT2D eigenvalue weighted by atomic mass is 16.1. The van der Waals surface area contributed by atoms with Crippen molar-refractivity contribution in [2.24, 2.45) is 11.7 Å². The van der Waals surface area contributed by atoms with Gasteiger partial charge < -0.3 is 11.1 Å². The van der Waals surface area contributed by atoms with Crippen molar-refractivity contribution in [3.8, 4) is 0 Å². The predicted molar refractivity (Wildman–Crippen MR) is 39.4 cm³/mol. The van der Waals surface area contributed by atoms with Crippen LogP contribution in [0.3, 0.4) is 0 Å². The zero-order valence-corrected chi connectivity index (χ0v) is 6.48. The number of rotatable bonds is 3. The fourth-order valence-corrected chi connectivity index (χ4v) is 1.19. The van der Waals surface area contributed by atoms with E-state index in [4.69, 9.17) is 5.73 Å². The second-order valence-electron chi connectivity index (χ2n) is 3.09. The molecule has 0 heterocycles. The van der Waals surface area contributed by atoms with E-state index in [0.29, 0.717) is 5.92 Å². The first-order chi connectivity index (χ1) is 4.61. The molecule has 3 N–H and O–H groups in total. The average Bonchev–Trinajstić information content (AvgIpc) is 2.67. The van der Waals surface area contributed by atoms with Crippen LogP contribution in [-0.2, 0) is 4.79 Å². The number of hydrogen-bond acceptors (Lipinski definition) is 2. The molecule has 58 valence electrons.